The minimum absolute atomic E-state index is 0.0363. The van der Waals surface area contributed by atoms with Gasteiger partial charge in [-0.1, -0.05) is 24.3 Å². The number of hydrogen-bond acceptors (Lipinski definition) is 3. The first-order valence-electron chi connectivity index (χ1n) is 8.82. The normalized spacial score (nSPS) is 17.2. The van der Waals surface area contributed by atoms with E-state index in [-0.39, 0.29) is 30.1 Å². The van der Waals surface area contributed by atoms with Crippen molar-refractivity contribution in [2.45, 2.75) is 25.8 Å². The van der Waals surface area contributed by atoms with E-state index < -0.39 is 0 Å². The van der Waals surface area contributed by atoms with Crippen molar-refractivity contribution in [1.29, 1.82) is 0 Å². The van der Waals surface area contributed by atoms with Gasteiger partial charge in [0.2, 0.25) is 11.8 Å². The number of nitrogens with zero attached hydrogens (tertiary/aromatic N) is 2. The van der Waals surface area contributed by atoms with Crippen LogP contribution in [-0.2, 0) is 22.6 Å². The summed E-state index contributed by atoms with van der Waals surface area (Å²) < 4.78 is 13.8. The van der Waals surface area contributed by atoms with Gasteiger partial charge >= 0.3 is 0 Å². The molecule has 1 N–H and O–H groups in total. The molecule has 5 nitrogen and oxygen atoms in total. The highest BCUT2D eigenvalue weighted by atomic mass is 19.1. The summed E-state index contributed by atoms with van der Waals surface area (Å²) >= 11 is 0. The van der Waals surface area contributed by atoms with Gasteiger partial charge in [0.25, 0.3) is 0 Å². The van der Waals surface area contributed by atoms with Crippen LogP contribution in [0.25, 0.3) is 0 Å². The number of amides is 2. The summed E-state index contributed by atoms with van der Waals surface area (Å²) in [5.74, 6) is -0.691. The number of benzene rings is 1. The fourth-order valence-corrected chi connectivity index (χ4v) is 3.12. The van der Waals surface area contributed by atoms with E-state index >= 15 is 0 Å². The quantitative estimate of drug-likeness (QED) is 0.865. The number of carbonyl (C=O) groups excluding carboxylic acids is 2. The van der Waals surface area contributed by atoms with Gasteiger partial charge in [-0.2, -0.15) is 0 Å². The van der Waals surface area contributed by atoms with Crippen molar-refractivity contribution in [3.05, 3.63) is 65.7 Å². The molecule has 136 valence electrons. The van der Waals surface area contributed by atoms with E-state index in [1.165, 1.54) is 6.07 Å². The molecule has 1 aliphatic heterocycles. The van der Waals surface area contributed by atoms with Crippen LogP contribution in [0, 0.1) is 11.7 Å². The Morgan fingerprint density at radius 2 is 2.04 bits per heavy atom. The Morgan fingerprint density at radius 3 is 2.81 bits per heavy atom. The van der Waals surface area contributed by atoms with Crippen molar-refractivity contribution in [3.8, 4) is 0 Å². The van der Waals surface area contributed by atoms with Gasteiger partial charge in [-0.05, 0) is 24.6 Å². The molecule has 1 fully saturated rings. The SMILES string of the molecule is O=C(NCCc1ccccn1)[C@@H]1CCC(=O)N(Cc2ccccc2F)C1. The van der Waals surface area contributed by atoms with Crippen LogP contribution in [-0.4, -0.2) is 34.8 Å². The van der Waals surface area contributed by atoms with Gasteiger partial charge in [0, 0.05) is 49.9 Å². The van der Waals surface area contributed by atoms with Crippen molar-refractivity contribution in [2.75, 3.05) is 13.1 Å². The van der Waals surface area contributed by atoms with E-state index in [2.05, 4.69) is 10.3 Å². The van der Waals surface area contributed by atoms with Crippen molar-refractivity contribution < 1.29 is 14.0 Å². The lowest BCUT2D eigenvalue weighted by molar-refractivity contribution is -0.138. The Kier molecular flexibility index (Phi) is 5.94. The lowest BCUT2D eigenvalue weighted by atomic mass is 9.96. The summed E-state index contributed by atoms with van der Waals surface area (Å²) in [5.41, 5.74) is 1.39. The maximum Gasteiger partial charge on any atom is 0.224 e. The minimum atomic E-state index is -0.331. The van der Waals surface area contributed by atoms with Crippen molar-refractivity contribution >= 4 is 11.8 Å². The Labute approximate surface area is 152 Å². The second-order valence-corrected chi connectivity index (χ2v) is 6.46. The van der Waals surface area contributed by atoms with Crippen LogP contribution in [0.4, 0.5) is 4.39 Å². The molecule has 1 aliphatic rings. The third-order valence-corrected chi connectivity index (χ3v) is 4.60. The van der Waals surface area contributed by atoms with E-state index in [0.717, 1.165) is 5.69 Å². The minimum Gasteiger partial charge on any atom is -0.355 e. The molecular formula is C20H22FN3O2. The molecule has 0 spiro atoms. The smallest absolute Gasteiger partial charge is 0.224 e. The lowest BCUT2D eigenvalue weighted by Gasteiger charge is -2.32. The van der Waals surface area contributed by atoms with Crippen LogP contribution < -0.4 is 5.32 Å². The number of halogens is 1. The van der Waals surface area contributed by atoms with Crippen molar-refractivity contribution in [3.63, 3.8) is 0 Å². The highest BCUT2D eigenvalue weighted by molar-refractivity contribution is 5.83. The molecule has 0 saturated carbocycles. The molecule has 1 atom stereocenters. The summed E-state index contributed by atoms with van der Waals surface area (Å²) in [6.45, 7) is 1.03. The van der Waals surface area contributed by atoms with Crippen LogP contribution in [0.2, 0.25) is 0 Å². The summed E-state index contributed by atoms with van der Waals surface area (Å²) in [5, 5.41) is 2.92. The Morgan fingerprint density at radius 1 is 1.23 bits per heavy atom. The molecule has 1 saturated heterocycles. The monoisotopic (exact) mass is 355 g/mol. The van der Waals surface area contributed by atoms with Gasteiger partial charge < -0.3 is 10.2 Å². The number of aromatic nitrogens is 1. The highest BCUT2D eigenvalue weighted by Crippen LogP contribution is 2.21. The fraction of sp³-hybridized carbons (Fsp3) is 0.350. The van der Waals surface area contributed by atoms with Crippen LogP contribution in [0.1, 0.15) is 24.1 Å². The van der Waals surface area contributed by atoms with Crippen molar-refractivity contribution in [2.24, 2.45) is 5.92 Å². The summed E-state index contributed by atoms with van der Waals surface area (Å²) in [6, 6.07) is 12.1. The average Bonchev–Trinajstić information content (AvgIpc) is 2.66. The molecule has 1 aromatic heterocycles. The first-order valence-corrected chi connectivity index (χ1v) is 8.82. The molecule has 1 aromatic carbocycles. The molecular weight excluding hydrogens is 333 g/mol. The van der Waals surface area contributed by atoms with Gasteiger partial charge in [0.15, 0.2) is 0 Å². The van der Waals surface area contributed by atoms with E-state index in [9.17, 15) is 14.0 Å². The molecule has 26 heavy (non-hydrogen) atoms. The second kappa shape index (κ2) is 8.56. The zero-order valence-electron chi connectivity index (χ0n) is 14.5. The molecule has 2 heterocycles. The number of hydrogen-bond donors (Lipinski definition) is 1. The maximum atomic E-state index is 13.8. The zero-order chi connectivity index (χ0) is 18.4. The Bertz CT molecular complexity index is 767. The topological polar surface area (TPSA) is 62.3 Å². The summed E-state index contributed by atoms with van der Waals surface area (Å²) in [6.07, 6.45) is 3.23. The largest absolute Gasteiger partial charge is 0.355 e. The average molecular weight is 355 g/mol. The number of nitrogens with one attached hydrogen (secondary N) is 1. The molecule has 6 heteroatoms. The molecule has 2 amide bonds. The predicted octanol–water partition coefficient (Wildman–Crippen LogP) is 2.32. The first-order chi connectivity index (χ1) is 12.6. The molecule has 0 bridgehead atoms. The van der Waals surface area contributed by atoms with E-state index in [1.807, 2.05) is 18.2 Å². The Hall–Kier alpha value is -2.76. The molecule has 0 unspecified atom stereocenters. The van der Waals surface area contributed by atoms with Gasteiger partial charge in [0.05, 0.1) is 5.92 Å². The highest BCUT2D eigenvalue weighted by Gasteiger charge is 2.30. The lowest BCUT2D eigenvalue weighted by Crippen LogP contribution is -2.45. The molecule has 3 rings (SSSR count). The maximum absolute atomic E-state index is 13.8. The summed E-state index contributed by atoms with van der Waals surface area (Å²) in [7, 11) is 0. The van der Waals surface area contributed by atoms with Crippen LogP contribution in [0.5, 0.6) is 0 Å². The fourth-order valence-electron chi connectivity index (χ4n) is 3.12. The Balaban J connectivity index is 1.52. The van der Waals surface area contributed by atoms with E-state index in [4.69, 9.17) is 0 Å². The second-order valence-electron chi connectivity index (χ2n) is 6.46. The van der Waals surface area contributed by atoms with Gasteiger partial charge in [-0.25, -0.2) is 4.39 Å². The standard InChI is InChI=1S/C20H22FN3O2/c21-18-7-2-1-5-15(18)13-24-14-16(8-9-19(24)25)20(26)23-12-10-17-6-3-4-11-22-17/h1-7,11,16H,8-10,12-14H2,(H,23,26)/t16-/m1/s1. The summed E-state index contributed by atoms with van der Waals surface area (Å²) in [4.78, 5) is 30.4. The molecule has 2 aromatic rings. The van der Waals surface area contributed by atoms with E-state index in [0.29, 0.717) is 37.9 Å². The van der Waals surface area contributed by atoms with Crippen LogP contribution in [0.15, 0.2) is 48.7 Å². The van der Waals surface area contributed by atoms with E-state index in [1.54, 1.807) is 29.3 Å². The third-order valence-electron chi connectivity index (χ3n) is 4.60. The van der Waals surface area contributed by atoms with Gasteiger partial charge in [-0.15, -0.1) is 0 Å². The van der Waals surface area contributed by atoms with Gasteiger partial charge in [-0.3, -0.25) is 14.6 Å². The first kappa shape index (κ1) is 18.0. The van der Waals surface area contributed by atoms with Crippen molar-refractivity contribution in [1.82, 2.24) is 15.2 Å². The zero-order valence-corrected chi connectivity index (χ0v) is 14.5. The predicted molar refractivity (Wildman–Crippen MR) is 95.5 cm³/mol. The molecule has 0 aliphatic carbocycles. The third kappa shape index (κ3) is 4.65. The number of likely N-dealkylation sites (tertiary alicyclic amines) is 1. The number of carbonyl (C=O) groups is 2. The molecule has 0 radical (unpaired) electrons. The van der Waals surface area contributed by atoms with Gasteiger partial charge in [0.1, 0.15) is 5.82 Å². The number of piperidine rings is 1. The number of rotatable bonds is 6. The number of pyridine rings is 1. The van der Waals surface area contributed by atoms with Crippen LogP contribution in [0.3, 0.4) is 0 Å². The van der Waals surface area contributed by atoms with Crippen LogP contribution >= 0.6 is 0 Å².